The maximum absolute atomic E-state index is 10.4. The van der Waals surface area contributed by atoms with Crippen molar-refractivity contribution in [3.8, 4) is 0 Å². The summed E-state index contributed by atoms with van der Waals surface area (Å²) in [6.45, 7) is 4.23. The van der Waals surface area contributed by atoms with E-state index in [1.54, 1.807) is 0 Å². The highest BCUT2D eigenvalue weighted by Gasteiger charge is 2.12. The minimum absolute atomic E-state index is 0.394. The number of carboxylic acid groups (broad SMARTS) is 1. The first-order chi connectivity index (χ1) is 7.68. The van der Waals surface area contributed by atoms with Gasteiger partial charge in [0.05, 0.1) is 6.10 Å². The minimum Gasteiger partial charge on any atom is -0.478 e. The Labute approximate surface area is 96.7 Å². The second-order valence-corrected chi connectivity index (χ2v) is 4.28. The average molecular weight is 227 g/mol. The van der Waals surface area contributed by atoms with Gasteiger partial charge in [-0.25, -0.2) is 4.79 Å². The van der Waals surface area contributed by atoms with E-state index in [0.29, 0.717) is 12.6 Å². The molecule has 0 bridgehead atoms. The van der Waals surface area contributed by atoms with Gasteiger partial charge < -0.3 is 15.2 Å². The van der Waals surface area contributed by atoms with Crippen LogP contribution in [-0.4, -0.2) is 36.9 Å². The van der Waals surface area contributed by atoms with Crippen LogP contribution in [0.25, 0.3) is 0 Å². The summed E-state index contributed by atoms with van der Waals surface area (Å²) in [6.07, 6.45) is 6.26. The summed E-state index contributed by atoms with van der Waals surface area (Å²) in [6, 6.07) is 0. The zero-order valence-corrected chi connectivity index (χ0v) is 9.87. The van der Waals surface area contributed by atoms with Gasteiger partial charge in [0.25, 0.3) is 0 Å². The smallest absolute Gasteiger partial charge is 0.328 e. The fourth-order valence-electron chi connectivity index (χ4n) is 1.85. The number of aliphatic carboxylic acids is 1. The van der Waals surface area contributed by atoms with Gasteiger partial charge in [-0.1, -0.05) is 5.57 Å². The molecule has 2 N–H and O–H groups in total. The van der Waals surface area contributed by atoms with E-state index in [9.17, 15) is 4.79 Å². The summed E-state index contributed by atoms with van der Waals surface area (Å²) in [5.41, 5.74) is 0.845. The van der Waals surface area contributed by atoms with E-state index in [4.69, 9.17) is 9.84 Å². The van der Waals surface area contributed by atoms with E-state index < -0.39 is 5.97 Å². The van der Waals surface area contributed by atoms with Gasteiger partial charge >= 0.3 is 5.97 Å². The number of rotatable bonds is 6. The summed E-state index contributed by atoms with van der Waals surface area (Å²) in [5.74, 6) is -0.880. The largest absolute Gasteiger partial charge is 0.478 e. The van der Waals surface area contributed by atoms with Crippen molar-refractivity contribution in [3.05, 3.63) is 11.6 Å². The van der Waals surface area contributed by atoms with Crippen molar-refractivity contribution in [2.24, 2.45) is 0 Å². The standard InChI is InChI=1S/C12H21NO3/c1-10(8-12(14)15)9-13-6-5-11-4-2-3-7-16-11/h8,11,13H,2-7,9H2,1H3,(H,14,15). The van der Waals surface area contributed by atoms with Gasteiger partial charge in [0.1, 0.15) is 0 Å². The summed E-state index contributed by atoms with van der Waals surface area (Å²) >= 11 is 0. The third-order valence-corrected chi connectivity index (χ3v) is 2.69. The van der Waals surface area contributed by atoms with Crippen molar-refractivity contribution >= 4 is 5.97 Å². The van der Waals surface area contributed by atoms with Gasteiger partial charge in [-0.05, 0) is 39.2 Å². The summed E-state index contributed by atoms with van der Waals surface area (Å²) in [5, 5.41) is 11.7. The number of hydrogen-bond acceptors (Lipinski definition) is 3. The fourth-order valence-corrected chi connectivity index (χ4v) is 1.85. The first-order valence-corrected chi connectivity index (χ1v) is 5.91. The maximum Gasteiger partial charge on any atom is 0.328 e. The number of hydrogen-bond donors (Lipinski definition) is 2. The molecular weight excluding hydrogens is 206 g/mol. The number of carbonyl (C=O) groups is 1. The lowest BCUT2D eigenvalue weighted by molar-refractivity contribution is -0.131. The van der Waals surface area contributed by atoms with E-state index in [0.717, 1.165) is 31.6 Å². The predicted molar refractivity (Wildman–Crippen MR) is 62.5 cm³/mol. The molecule has 0 aliphatic carbocycles. The molecule has 0 aromatic carbocycles. The Kier molecular flexibility index (Phi) is 6.11. The molecule has 1 aliphatic heterocycles. The Bertz CT molecular complexity index is 245. The molecule has 1 aliphatic rings. The quantitative estimate of drug-likeness (QED) is 0.534. The van der Waals surface area contributed by atoms with E-state index in [-0.39, 0.29) is 0 Å². The van der Waals surface area contributed by atoms with Crippen LogP contribution in [0.4, 0.5) is 0 Å². The lowest BCUT2D eigenvalue weighted by atomic mass is 10.1. The van der Waals surface area contributed by atoms with Crippen LogP contribution in [0, 0.1) is 0 Å². The van der Waals surface area contributed by atoms with Crippen molar-refractivity contribution < 1.29 is 14.6 Å². The first kappa shape index (κ1) is 13.2. The van der Waals surface area contributed by atoms with Gasteiger partial charge in [0.15, 0.2) is 0 Å². The van der Waals surface area contributed by atoms with Crippen LogP contribution >= 0.6 is 0 Å². The Balaban J connectivity index is 2.04. The van der Waals surface area contributed by atoms with Crippen LogP contribution in [0.2, 0.25) is 0 Å². The molecule has 0 aromatic rings. The number of nitrogens with one attached hydrogen (secondary N) is 1. The molecule has 0 spiro atoms. The Morgan fingerprint density at radius 3 is 3.00 bits per heavy atom. The van der Waals surface area contributed by atoms with Crippen molar-refractivity contribution in [2.75, 3.05) is 19.7 Å². The second kappa shape index (κ2) is 7.41. The highest BCUT2D eigenvalue weighted by molar-refractivity contribution is 5.80. The molecule has 1 atom stereocenters. The molecule has 4 heteroatoms. The summed E-state index contributed by atoms with van der Waals surface area (Å²) in [7, 11) is 0. The molecule has 1 saturated heterocycles. The van der Waals surface area contributed by atoms with E-state index in [1.165, 1.54) is 18.9 Å². The van der Waals surface area contributed by atoms with Crippen LogP contribution in [0.1, 0.15) is 32.6 Å². The SMILES string of the molecule is CC(=CC(=O)O)CNCCC1CCCCO1. The molecule has 1 unspecified atom stereocenters. The number of carboxylic acids is 1. The van der Waals surface area contributed by atoms with Crippen LogP contribution < -0.4 is 5.32 Å². The third-order valence-electron chi connectivity index (χ3n) is 2.69. The van der Waals surface area contributed by atoms with Gasteiger partial charge in [-0.15, -0.1) is 0 Å². The maximum atomic E-state index is 10.4. The Morgan fingerprint density at radius 1 is 1.56 bits per heavy atom. The highest BCUT2D eigenvalue weighted by Crippen LogP contribution is 2.14. The Hall–Kier alpha value is -0.870. The van der Waals surface area contributed by atoms with Crippen LogP contribution in [0.15, 0.2) is 11.6 Å². The lowest BCUT2D eigenvalue weighted by Gasteiger charge is -2.22. The van der Waals surface area contributed by atoms with Gasteiger partial charge in [0.2, 0.25) is 0 Å². The minimum atomic E-state index is -0.880. The zero-order valence-electron chi connectivity index (χ0n) is 9.87. The van der Waals surface area contributed by atoms with Crippen LogP contribution in [0.3, 0.4) is 0 Å². The van der Waals surface area contributed by atoms with Gasteiger partial charge in [0, 0.05) is 19.2 Å². The van der Waals surface area contributed by atoms with E-state index in [2.05, 4.69) is 5.32 Å². The van der Waals surface area contributed by atoms with Crippen molar-refractivity contribution in [3.63, 3.8) is 0 Å². The normalized spacial score (nSPS) is 22.1. The number of ether oxygens (including phenoxy) is 1. The van der Waals surface area contributed by atoms with E-state index in [1.807, 2.05) is 6.92 Å². The van der Waals surface area contributed by atoms with E-state index >= 15 is 0 Å². The first-order valence-electron chi connectivity index (χ1n) is 5.91. The average Bonchev–Trinajstić information content (AvgIpc) is 2.25. The van der Waals surface area contributed by atoms with Crippen molar-refractivity contribution in [1.82, 2.24) is 5.32 Å². The Morgan fingerprint density at radius 2 is 2.38 bits per heavy atom. The molecule has 0 amide bonds. The fraction of sp³-hybridized carbons (Fsp3) is 0.750. The predicted octanol–water partition coefficient (Wildman–Crippen LogP) is 1.57. The van der Waals surface area contributed by atoms with Crippen molar-refractivity contribution in [2.45, 2.75) is 38.7 Å². The third kappa shape index (κ3) is 5.88. The molecular formula is C12H21NO3. The van der Waals surface area contributed by atoms with Gasteiger partial charge in [-0.2, -0.15) is 0 Å². The molecule has 1 heterocycles. The monoisotopic (exact) mass is 227 g/mol. The van der Waals surface area contributed by atoms with Gasteiger partial charge in [-0.3, -0.25) is 0 Å². The molecule has 0 saturated carbocycles. The van der Waals surface area contributed by atoms with Crippen LogP contribution in [0.5, 0.6) is 0 Å². The second-order valence-electron chi connectivity index (χ2n) is 4.28. The zero-order chi connectivity index (χ0) is 11.8. The lowest BCUT2D eigenvalue weighted by Crippen LogP contribution is -2.26. The molecule has 16 heavy (non-hydrogen) atoms. The molecule has 4 nitrogen and oxygen atoms in total. The molecule has 92 valence electrons. The summed E-state index contributed by atoms with van der Waals surface area (Å²) < 4.78 is 5.60. The summed E-state index contributed by atoms with van der Waals surface area (Å²) in [4.78, 5) is 10.4. The topological polar surface area (TPSA) is 58.6 Å². The molecule has 1 rings (SSSR count). The molecule has 0 aromatic heterocycles. The molecule has 1 fully saturated rings. The van der Waals surface area contributed by atoms with Crippen LogP contribution in [-0.2, 0) is 9.53 Å². The molecule has 0 radical (unpaired) electrons. The van der Waals surface area contributed by atoms with Crippen molar-refractivity contribution in [1.29, 1.82) is 0 Å². The highest BCUT2D eigenvalue weighted by atomic mass is 16.5.